The highest BCUT2D eigenvalue weighted by Crippen LogP contribution is 2.24. The lowest BCUT2D eigenvalue weighted by Gasteiger charge is -2.36. The van der Waals surface area contributed by atoms with Crippen molar-refractivity contribution in [2.24, 2.45) is 11.7 Å². The molecule has 2 heterocycles. The number of hydrogen-bond donors (Lipinski definition) is 2. The van der Waals surface area contributed by atoms with Crippen LogP contribution in [0, 0.1) is 5.92 Å². The van der Waals surface area contributed by atoms with Gasteiger partial charge in [0.1, 0.15) is 0 Å². The number of hydrogen-bond acceptors (Lipinski definition) is 2. The number of likely N-dealkylation sites (tertiary alicyclic amines) is 1. The third kappa shape index (κ3) is 2.41. The second kappa shape index (κ2) is 4.81. The molecule has 1 aliphatic heterocycles. The summed E-state index contributed by atoms with van der Waals surface area (Å²) in [5.41, 5.74) is 7.06. The van der Waals surface area contributed by atoms with Gasteiger partial charge in [-0.2, -0.15) is 0 Å². The third-order valence-corrected chi connectivity index (χ3v) is 3.50. The Morgan fingerprint density at radius 3 is 3.20 bits per heavy atom. The molecular weight excluding hydrogens is 186 g/mol. The van der Waals surface area contributed by atoms with Crippen LogP contribution in [0.2, 0.25) is 0 Å². The smallest absolute Gasteiger partial charge is 0.0470 e. The zero-order chi connectivity index (χ0) is 10.7. The Labute approximate surface area is 91.7 Å². The zero-order valence-corrected chi connectivity index (χ0v) is 9.45. The van der Waals surface area contributed by atoms with Gasteiger partial charge in [-0.15, -0.1) is 0 Å². The van der Waals surface area contributed by atoms with Gasteiger partial charge in [0.2, 0.25) is 0 Å². The summed E-state index contributed by atoms with van der Waals surface area (Å²) in [4.78, 5) is 5.83. The summed E-state index contributed by atoms with van der Waals surface area (Å²) in [5.74, 6) is 0.691. The lowest BCUT2D eigenvalue weighted by molar-refractivity contribution is 0.132. The fourth-order valence-electron chi connectivity index (χ4n) is 2.44. The van der Waals surface area contributed by atoms with Gasteiger partial charge in [0.05, 0.1) is 0 Å². The van der Waals surface area contributed by atoms with Gasteiger partial charge < -0.3 is 10.7 Å². The predicted molar refractivity (Wildman–Crippen MR) is 62.6 cm³/mol. The fraction of sp³-hybridized carbons (Fsp3) is 0.667. The van der Waals surface area contributed by atoms with Gasteiger partial charge in [-0.25, -0.2) is 0 Å². The summed E-state index contributed by atoms with van der Waals surface area (Å²) in [6, 6.07) is 4.72. The minimum atomic E-state index is 0.495. The Kier molecular flexibility index (Phi) is 3.44. The molecular formula is C12H21N3. The second-order valence-corrected chi connectivity index (χ2v) is 4.54. The fourth-order valence-corrected chi connectivity index (χ4v) is 2.44. The highest BCUT2D eigenvalue weighted by atomic mass is 15.2. The first-order chi connectivity index (χ1) is 7.31. The maximum atomic E-state index is 5.75. The predicted octanol–water partition coefficient (Wildman–Crippen LogP) is 1.75. The number of nitrogens with two attached hydrogens (primary N) is 1. The summed E-state index contributed by atoms with van der Waals surface area (Å²) in [6.45, 7) is 5.45. The summed E-state index contributed by atoms with van der Waals surface area (Å²) in [7, 11) is 0. The molecule has 1 saturated heterocycles. The molecule has 1 aromatic rings. The average molecular weight is 207 g/mol. The van der Waals surface area contributed by atoms with Crippen LogP contribution in [0.5, 0.6) is 0 Å². The number of piperidine rings is 1. The van der Waals surface area contributed by atoms with E-state index in [-0.39, 0.29) is 0 Å². The van der Waals surface area contributed by atoms with Crippen LogP contribution in [0.4, 0.5) is 0 Å². The SMILES string of the molecule is C[C@@H](c1ccc[nH]1)N1CCC[C@H](CN)C1. The molecule has 0 amide bonds. The second-order valence-electron chi connectivity index (χ2n) is 4.54. The van der Waals surface area contributed by atoms with Crippen molar-refractivity contribution in [3.8, 4) is 0 Å². The van der Waals surface area contributed by atoms with E-state index in [1.54, 1.807) is 0 Å². The highest BCUT2D eigenvalue weighted by Gasteiger charge is 2.23. The first-order valence-electron chi connectivity index (χ1n) is 5.88. The van der Waals surface area contributed by atoms with Gasteiger partial charge in [-0.3, -0.25) is 4.90 Å². The van der Waals surface area contributed by atoms with Crippen molar-refractivity contribution in [3.05, 3.63) is 24.0 Å². The Balaban J connectivity index is 1.98. The van der Waals surface area contributed by atoms with Crippen LogP contribution in [0.25, 0.3) is 0 Å². The third-order valence-electron chi connectivity index (χ3n) is 3.50. The first-order valence-corrected chi connectivity index (χ1v) is 5.88. The lowest BCUT2D eigenvalue weighted by atomic mass is 9.96. The number of nitrogens with one attached hydrogen (secondary N) is 1. The quantitative estimate of drug-likeness (QED) is 0.793. The van der Waals surface area contributed by atoms with Gasteiger partial charge in [-0.05, 0) is 50.9 Å². The van der Waals surface area contributed by atoms with Crippen LogP contribution in [0.3, 0.4) is 0 Å². The maximum Gasteiger partial charge on any atom is 0.0470 e. The van der Waals surface area contributed by atoms with E-state index >= 15 is 0 Å². The van der Waals surface area contributed by atoms with Crippen LogP contribution in [0.1, 0.15) is 31.5 Å². The van der Waals surface area contributed by atoms with Crippen LogP contribution in [-0.4, -0.2) is 29.5 Å². The van der Waals surface area contributed by atoms with Crippen molar-refractivity contribution in [1.29, 1.82) is 0 Å². The molecule has 0 aromatic carbocycles. The van der Waals surface area contributed by atoms with Crippen molar-refractivity contribution >= 4 is 0 Å². The molecule has 2 rings (SSSR count). The molecule has 1 aromatic heterocycles. The molecule has 0 saturated carbocycles. The summed E-state index contributed by atoms with van der Waals surface area (Å²) >= 11 is 0. The summed E-state index contributed by atoms with van der Waals surface area (Å²) < 4.78 is 0. The molecule has 84 valence electrons. The van der Waals surface area contributed by atoms with Crippen molar-refractivity contribution < 1.29 is 0 Å². The Morgan fingerprint density at radius 2 is 2.53 bits per heavy atom. The zero-order valence-electron chi connectivity index (χ0n) is 9.45. The molecule has 15 heavy (non-hydrogen) atoms. The number of aromatic amines is 1. The number of H-pyrrole nitrogens is 1. The van der Waals surface area contributed by atoms with Crippen molar-refractivity contribution in [2.75, 3.05) is 19.6 Å². The number of nitrogens with zero attached hydrogens (tertiary/aromatic N) is 1. The van der Waals surface area contributed by atoms with Crippen LogP contribution in [-0.2, 0) is 0 Å². The monoisotopic (exact) mass is 207 g/mol. The molecule has 0 bridgehead atoms. The number of rotatable bonds is 3. The average Bonchev–Trinajstić information content (AvgIpc) is 2.81. The van der Waals surface area contributed by atoms with E-state index in [9.17, 15) is 0 Å². The molecule has 2 atom stereocenters. The minimum absolute atomic E-state index is 0.495. The molecule has 1 aliphatic rings. The van der Waals surface area contributed by atoms with Crippen LogP contribution >= 0.6 is 0 Å². The molecule has 0 aliphatic carbocycles. The standard InChI is InChI=1S/C12H21N3/c1-10(12-5-2-6-14-12)15-7-3-4-11(8-13)9-15/h2,5-6,10-11,14H,3-4,7-9,13H2,1H3/t10-,11+/m0/s1. The molecule has 0 unspecified atom stereocenters. The van der Waals surface area contributed by atoms with Crippen molar-refractivity contribution in [2.45, 2.75) is 25.8 Å². The van der Waals surface area contributed by atoms with E-state index in [4.69, 9.17) is 5.73 Å². The molecule has 0 spiro atoms. The van der Waals surface area contributed by atoms with Gasteiger partial charge in [0.15, 0.2) is 0 Å². The van der Waals surface area contributed by atoms with E-state index < -0.39 is 0 Å². The molecule has 3 N–H and O–H groups in total. The molecule has 3 heteroatoms. The summed E-state index contributed by atoms with van der Waals surface area (Å²) in [5, 5.41) is 0. The van der Waals surface area contributed by atoms with Gasteiger partial charge in [0.25, 0.3) is 0 Å². The van der Waals surface area contributed by atoms with Crippen molar-refractivity contribution in [3.63, 3.8) is 0 Å². The number of aromatic nitrogens is 1. The highest BCUT2D eigenvalue weighted by molar-refractivity contribution is 5.08. The van der Waals surface area contributed by atoms with E-state index in [1.807, 2.05) is 6.20 Å². The molecule has 0 radical (unpaired) electrons. The molecule has 3 nitrogen and oxygen atoms in total. The van der Waals surface area contributed by atoms with E-state index in [1.165, 1.54) is 25.1 Å². The van der Waals surface area contributed by atoms with Crippen molar-refractivity contribution in [1.82, 2.24) is 9.88 Å². The van der Waals surface area contributed by atoms with Gasteiger partial charge >= 0.3 is 0 Å². The first kappa shape index (κ1) is 10.7. The normalized spacial score (nSPS) is 25.3. The largest absolute Gasteiger partial charge is 0.364 e. The van der Waals surface area contributed by atoms with Gasteiger partial charge in [0, 0.05) is 24.5 Å². The Bertz CT molecular complexity index is 281. The topological polar surface area (TPSA) is 45.0 Å². The van der Waals surface area contributed by atoms with Crippen LogP contribution < -0.4 is 5.73 Å². The van der Waals surface area contributed by atoms with E-state index in [2.05, 4.69) is 28.9 Å². The van der Waals surface area contributed by atoms with Gasteiger partial charge in [-0.1, -0.05) is 0 Å². The van der Waals surface area contributed by atoms with E-state index in [0.29, 0.717) is 12.0 Å². The Hall–Kier alpha value is -0.800. The lowest BCUT2D eigenvalue weighted by Crippen LogP contribution is -2.39. The summed E-state index contributed by atoms with van der Waals surface area (Å²) in [6.07, 6.45) is 4.58. The van der Waals surface area contributed by atoms with Crippen LogP contribution in [0.15, 0.2) is 18.3 Å². The Morgan fingerprint density at radius 1 is 1.67 bits per heavy atom. The minimum Gasteiger partial charge on any atom is -0.364 e. The maximum absolute atomic E-state index is 5.75. The molecule has 1 fully saturated rings. The van der Waals surface area contributed by atoms with E-state index in [0.717, 1.165) is 13.1 Å².